The maximum Gasteiger partial charge on any atom is 0.319 e. The number of hydrogen-bond donors (Lipinski definition) is 2. The first kappa shape index (κ1) is 17.3. The van der Waals surface area contributed by atoms with E-state index in [0.29, 0.717) is 30.2 Å². The minimum atomic E-state index is -0.341. The summed E-state index contributed by atoms with van der Waals surface area (Å²) >= 11 is 0. The monoisotopic (exact) mass is 327 g/mol. The summed E-state index contributed by atoms with van der Waals surface area (Å²) in [6.07, 6.45) is 4.66. The van der Waals surface area contributed by atoms with E-state index in [1.165, 1.54) is 0 Å². The Labute approximate surface area is 141 Å². The second kappa shape index (κ2) is 8.58. The van der Waals surface area contributed by atoms with Gasteiger partial charge in [-0.3, -0.25) is 4.68 Å². The lowest BCUT2D eigenvalue weighted by atomic mass is 10.2. The highest BCUT2D eigenvalue weighted by Gasteiger charge is 2.07. The van der Waals surface area contributed by atoms with E-state index in [2.05, 4.69) is 28.7 Å². The summed E-state index contributed by atoms with van der Waals surface area (Å²) in [7, 11) is 0. The Hall–Kier alpha value is -3.01. The molecule has 2 rings (SSSR count). The van der Waals surface area contributed by atoms with Crippen LogP contribution in [0.3, 0.4) is 0 Å². The molecule has 0 radical (unpaired) electrons. The van der Waals surface area contributed by atoms with Gasteiger partial charge in [-0.15, -0.1) is 0 Å². The fourth-order valence-corrected chi connectivity index (χ4v) is 2.18. The molecule has 1 heterocycles. The largest absolute Gasteiger partial charge is 0.492 e. The number of nitrogens with zero attached hydrogens (tertiary/aromatic N) is 3. The second-order valence-corrected chi connectivity index (χ2v) is 5.18. The van der Waals surface area contributed by atoms with Gasteiger partial charge in [0, 0.05) is 30.5 Å². The molecule has 1 aromatic heterocycles. The summed E-state index contributed by atoms with van der Waals surface area (Å²) in [4.78, 5) is 12.0. The maximum absolute atomic E-state index is 12.0. The van der Waals surface area contributed by atoms with Crippen LogP contribution in [-0.4, -0.2) is 22.4 Å². The molecule has 0 spiro atoms. The van der Waals surface area contributed by atoms with Crippen molar-refractivity contribution in [3.05, 3.63) is 41.7 Å². The van der Waals surface area contributed by atoms with E-state index in [0.717, 1.165) is 18.5 Å². The molecule has 2 amide bonds. The second-order valence-electron chi connectivity index (χ2n) is 5.18. The Morgan fingerprint density at radius 3 is 2.96 bits per heavy atom. The van der Waals surface area contributed by atoms with Crippen LogP contribution in [0, 0.1) is 11.3 Å². The minimum absolute atomic E-state index is 0.341. The van der Waals surface area contributed by atoms with Crippen molar-refractivity contribution < 1.29 is 9.53 Å². The molecule has 0 aliphatic carbocycles. The van der Waals surface area contributed by atoms with Gasteiger partial charge in [-0.1, -0.05) is 6.92 Å². The molecule has 126 valence electrons. The Bertz CT molecular complexity index is 733. The predicted molar refractivity (Wildman–Crippen MR) is 90.7 cm³/mol. The molecule has 0 unspecified atom stereocenters. The van der Waals surface area contributed by atoms with Gasteiger partial charge in [-0.05, 0) is 31.5 Å². The standard InChI is InChI=1S/C17H21N5O2/c1-3-7-22-12-13(11-20-22)10-19-17(23)21-15-5-6-16(24-4-2)14(8-15)9-18/h5-6,8,11-12H,3-4,7,10H2,1-2H3,(H2,19,21,23). The molecular formula is C17H21N5O2. The van der Waals surface area contributed by atoms with Crippen molar-refractivity contribution in [3.8, 4) is 11.8 Å². The summed E-state index contributed by atoms with van der Waals surface area (Å²) in [6, 6.07) is 6.68. The summed E-state index contributed by atoms with van der Waals surface area (Å²) in [5, 5.41) is 18.8. The maximum atomic E-state index is 12.0. The molecule has 24 heavy (non-hydrogen) atoms. The van der Waals surface area contributed by atoms with E-state index in [4.69, 9.17) is 10.00 Å². The van der Waals surface area contributed by atoms with Crippen LogP contribution in [0.1, 0.15) is 31.4 Å². The number of ether oxygens (including phenoxy) is 1. The van der Waals surface area contributed by atoms with Gasteiger partial charge in [0.2, 0.25) is 0 Å². The molecule has 0 aliphatic rings. The van der Waals surface area contributed by atoms with Crippen molar-refractivity contribution in [3.63, 3.8) is 0 Å². The van der Waals surface area contributed by atoms with E-state index in [-0.39, 0.29) is 6.03 Å². The van der Waals surface area contributed by atoms with Crippen molar-refractivity contribution in [2.45, 2.75) is 33.4 Å². The van der Waals surface area contributed by atoms with Crippen molar-refractivity contribution in [1.29, 1.82) is 5.26 Å². The zero-order valence-electron chi connectivity index (χ0n) is 13.9. The zero-order valence-corrected chi connectivity index (χ0v) is 13.9. The molecule has 0 saturated carbocycles. The molecule has 0 atom stereocenters. The van der Waals surface area contributed by atoms with Crippen LogP contribution in [0.4, 0.5) is 10.5 Å². The highest BCUT2D eigenvalue weighted by Crippen LogP contribution is 2.22. The molecule has 0 saturated heterocycles. The Morgan fingerprint density at radius 1 is 1.42 bits per heavy atom. The van der Waals surface area contributed by atoms with Crippen LogP contribution >= 0.6 is 0 Å². The number of hydrogen-bond acceptors (Lipinski definition) is 4. The Balaban J connectivity index is 1.90. The third-order valence-corrected chi connectivity index (χ3v) is 3.25. The molecule has 0 bridgehead atoms. The minimum Gasteiger partial charge on any atom is -0.492 e. The number of aryl methyl sites for hydroxylation is 1. The molecule has 7 nitrogen and oxygen atoms in total. The van der Waals surface area contributed by atoms with Gasteiger partial charge in [0.1, 0.15) is 11.8 Å². The number of urea groups is 1. The normalized spacial score (nSPS) is 10.0. The third kappa shape index (κ3) is 4.74. The summed E-state index contributed by atoms with van der Waals surface area (Å²) in [5.74, 6) is 0.509. The van der Waals surface area contributed by atoms with Gasteiger partial charge in [0.15, 0.2) is 0 Å². The van der Waals surface area contributed by atoms with Crippen molar-refractivity contribution in [2.24, 2.45) is 0 Å². The number of aromatic nitrogens is 2. The number of nitriles is 1. The summed E-state index contributed by atoms with van der Waals surface area (Å²) in [6.45, 7) is 5.66. The van der Waals surface area contributed by atoms with Gasteiger partial charge >= 0.3 is 6.03 Å². The van der Waals surface area contributed by atoms with Gasteiger partial charge in [-0.25, -0.2) is 4.79 Å². The number of rotatable bonds is 7. The highest BCUT2D eigenvalue weighted by atomic mass is 16.5. The fourth-order valence-electron chi connectivity index (χ4n) is 2.18. The first-order valence-corrected chi connectivity index (χ1v) is 7.89. The predicted octanol–water partition coefficient (Wildman–Crippen LogP) is 2.89. The lowest BCUT2D eigenvalue weighted by Crippen LogP contribution is -2.28. The zero-order chi connectivity index (χ0) is 17.4. The molecule has 2 N–H and O–H groups in total. The van der Waals surface area contributed by atoms with Crippen molar-refractivity contribution in [2.75, 3.05) is 11.9 Å². The number of nitrogens with one attached hydrogen (secondary N) is 2. The molecule has 2 aromatic rings. The topological polar surface area (TPSA) is 92.0 Å². The van der Waals surface area contributed by atoms with Gasteiger partial charge in [0.05, 0.1) is 18.4 Å². The van der Waals surface area contributed by atoms with Crippen LogP contribution < -0.4 is 15.4 Å². The number of carbonyl (C=O) groups excluding carboxylic acids is 1. The summed E-state index contributed by atoms with van der Waals surface area (Å²) < 4.78 is 7.20. The summed E-state index contributed by atoms with van der Waals surface area (Å²) in [5.41, 5.74) is 1.85. The molecule has 0 aliphatic heterocycles. The number of benzene rings is 1. The number of amides is 2. The molecule has 0 fully saturated rings. The van der Waals surface area contributed by atoms with E-state index >= 15 is 0 Å². The Morgan fingerprint density at radius 2 is 2.25 bits per heavy atom. The van der Waals surface area contributed by atoms with Crippen molar-refractivity contribution in [1.82, 2.24) is 15.1 Å². The molecular weight excluding hydrogens is 306 g/mol. The van der Waals surface area contributed by atoms with Gasteiger partial charge < -0.3 is 15.4 Å². The van der Waals surface area contributed by atoms with E-state index in [1.807, 2.05) is 17.8 Å². The lowest BCUT2D eigenvalue weighted by Gasteiger charge is -2.09. The SMILES string of the molecule is CCCn1cc(CNC(=O)Nc2ccc(OCC)c(C#N)c2)cn1. The van der Waals surface area contributed by atoms with E-state index in [9.17, 15) is 4.79 Å². The number of carbonyl (C=O) groups is 1. The van der Waals surface area contributed by atoms with Crippen molar-refractivity contribution >= 4 is 11.7 Å². The van der Waals surface area contributed by atoms with Crippen LogP contribution in [0.5, 0.6) is 5.75 Å². The molecule has 7 heteroatoms. The smallest absolute Gasteiger partial charge is 0.319 e. The fraction of sp³-hybridized carbons (Fsp3) is 0.353. The average Bonchev–Trinajstić information content (AvgIpc) is 3.02. The first-order valence-electron chi connectivity index (χ1n) is 7.89. The first-order chi connectivity index (χ1) is 11.7. The van der Waals surface area contributed by atoms with E-state index in [1.54, 1.807) is 24.4 Å². The van der Waals surface area contributed by atoms with Crippen LogP contribution in [0.2, 0.25) is 0 Å². The van der Waals surface area contributed by atoms with E-state index < -0.39 is 0 Å². The lowest BCUT2D eigenvalue weighted by molar-refractivity contribution is 0.251. The van der Waals surface area contributed by atoms with Gasteiger partial charge in [-0.2, -0.15) is 10.4 Å². The van der Waals surface area contributed by atoms with Crippen LogP contribution in [0.25, 0.3) is 0 Å². The highest BCUT2D eigenvalue weighted by molar-refractivity contribution is 5.89. The number of anilines is 1. The molecule has 1 aromatic carbocycles. The van der Waals surface area contributed by atoms with Crippen LogP contribution in [-0.2, 0) is 13.1 Å². The quantitative estimate of drug-likeness (QED) is 0.818. The third-order valence-electron chi connectivity index (χ3n) is 3.25. The Kier molecular flexibility index (Phi) is 6.20. The van der Waals surface area contributed by atoms with Crippen LogP contribution in [0.15, 0.2) is 30.6 Å². The van der Waals surface area contributed by atoms with Gasteiger partial charge in [0.25, 0.3) is 0 Å². The average molecular weight is 327 g/mol.